The van der Waals surface area contributed by atoms with Crippen molar-refractivity contribution in [3.05, 3.63) is 127 Å². The fourth-order valence-corrected chi connectivity index (χ4v) is 5.09. The lowest BCUT2D eigenvalue weighted by Gasteiger charge is -2.29. The van der Waals surface area contributed by atoms with Crippen molar-refractivity contribution in [2.75, 3.05) is 18.9 Å². The van der Waals surface area contributed by atoms with E-state index >= 15 is 0 Å². The molecule has 0 radical (unpaired) electrons. The van der Waals surface area contributed by atoms with E-state index in [1.807, 2.05) is 25.3 Å². The molecule has 1 aliphatic rings. The number of anilines is 1. The Labute approximate surface area is 239 Å². The minimum absolute atomic E-state index is 0.402. The molecule has 0 bridgehead atoms. The first-order chi connectivity index (χ1) is 18.9. The summed E-state index contributed by atoms with van der Waals surface area (Å²) < 4.78 is 0. The quantitative estimate of drug-likeness (QED) is 0.157. The molecule has 208 valence electrons. The molecule has 1 aromatic carbocycles. The summed E-state index contributed by atoms with van der Waals surface area (Å²) >= 11 is 0. The Morgan fingerprint density at radius 2 is 1.87 bits per heavy atom. The van der Waals surface area contributed by atoms with E-state index in [9.17, 15) is 0 Å². The summed E-state index contributed by atoms with van der Waals surface area (Å²) in [5.41, 5.74) is 9.49. The maximum atomic E-state index is 4.23. The lowest BCUT2D eigenvalue weighted by atomic mass is 9.89. The normalized spacial score (nSPS) is 18.4. The first-order valence-electron chi connectivity index (χ1n) is 14.5. The number of rotatable bonds is 13. The van der Waals surface area contributed by atoms with Crippen LogP contribution in [0, 0.1) is 5.92 Å². The minimum Gasteiger partial charge on any atom is -0.388 e. The molecule has 0 aromatic heterocycles. The van der Waals surface area contributed by atoms with Crippen molar-refractivity contribution in [2.45, 2.75) is 66.2 Å². The SMILES string of the molecule is C=C/C=C(\C=C/C)N1C/C=C\CCC(C)C(/C=C(\C=C)c2ccc(NC)c(/C(C=C)=C/CCCCC)c2)=C1C. The third-order valence-electron chi connectivity index (χ3n) is 7.37. The molecule has 2 rings (SSSR count). The molecule has 1 aromatic rings. The molecule has 39 heavy (non-hydrogen) atoms. The average molecular weight is 523 g/mol. The van der Waals surface area contributed by atoms with Gasteiger partial charge in [-0.2, -0.15) is 0 Å². The summed E-state index contributed by atoms with van der Waals surface area (Å²) in [7, 11) is 1.98. The topological polar surface area (TPSA) is 15.3 Å². The second-order valence-corrected chi connectivity index (χ2v) is 10.1. The minimum atomic E-state index is 0.402. The summed E-state index contributed by atoms with van der Waals surface area (Å²) in [6.07, 6.45) is 28.4. The molecular weight excluding hydrogens is 472 g/mol. The van der Waals surface area contributed by atoms with Gasteiger partial charge >= 0.3 is 0 Å². The highest BCUT2D eigenvalue weighted by Crippen LogP contribution is 2.33. The van der Waals surface area contributed by atoms with Gasteiger partial charge < -0.3 is 10.2 Å². The molecule has 0 fully saturated rings. The Morgan fingerprint density at radius 1 is 1.10 bits per heavy atom. The predicted octanol–water partition coefficient (Wildman–Crippen LogP) is 10.7. The van der Waals surface area contributed by atoms with Crippen molar-refractivity contribution in [1.82, 2.24) is 4.90 Å². The van der Waals surface area contributed by atoms with Crippen LogP contribution in [0.1, 0.15) is 77.3 Å². The maximum absolute atomic E-state index is 4.23. The van der Waals surface area contributed by atoms with Gasteiger partial charge in [0.25, 0.3) is 0 Å². The van der Waals surface area contributed by atoms with Crippen LogP contribution in [0.3, 0.4) is 0 Å². The van der Waals surface area contributed by atoms with Crippen LogP contribution in [-0.4, -0.2) is 18.5 Å². The van der Waals surface area contributed by atoms with E-state index in [1.165, 1.54) is 41.7 Å². The Hall–Kier alpha value is -3.52. The molecule has 2 heteroatoms. The van der Waals surface area contributed by atoms with Gasteiger partial charge in [0.1, 0.15) is 0 Å². The first-order valence-corrected chi connectivity index (χ1v) is 14.5. The van der Waals surface area contributed by atoms with Gasteiger partial charge in [-0.05, 0) is 98.1 Å². The molecule has 0 saturated carbocycles. The molecule has 0 spiro atoms. The molecule has 1 N–H and O–H groups in total. The van der Waals surface area contributed by atoms with Crippen molar-refractivity contribution in [2.24, 2.45) is 5.92 Å². The fourth-order valence-electron chi connectivity index (χ4n) is 5.09. The summed E-state index contributed by atoms with van der Waals surface area (Å²) in [6, 6.07) is 6.65. The highest BCUT2D eigenvalue weighted by Gasteiger charge is 2.18. The highest BCUT2D eigenvalue weighted by molar-refractivity contribution is 5.86. The van der Waals surface area contributed by atoms with Crippen LogP contribution in [0.4, 0.5) is 5.69 Å². The Bertz CT molecular complexity index is 1170. The lowest BCUT2D eigenvalue weighted by molar-refractivity contribution is 0.474. The Balaban J connectivity index is 2.68. The molecule has 1 unspecified atom stereocenters. The Morgan fingerprint density at radius 3 is 2.51 bits per heavy atom. The number of hydrogen-bond acceptors (Lipinski definition) is 2. The molecular formula is C37H50N2. The fraction of sp³-hybridized carbons (Fsp3) is 0.351. The van der Waals surface area contributed by atoms with E-state index in [0.717, 1.165) is 48.3 Å². The molecule has 1 heterocycles. The van der Waals surface area contributed by atoms with E-state index in [1.54, 1.807) is 0 Å². The Kier molecular flexibility index (Phi) is 13.9. The van der Waals surface area contributed by atoms with E-state index in [2.05, 4.69) is 118 Å². The van der Waals surface area contributed by atoms with Crippen LogP contribution in [-0.2, 0) is 0 Å². The largest absolute Gasteiger partial charge is 0.388 e. The number of unbranched alkanes of at least 4 members (excludes halogenated alkanes) is 3. The number of allylic oxidation sites excluding steroid dienone is 13. The average Bonchev–Trinajstić information content (AvgIpc) is 3.01. The third kappa shape index (κ3) is 9.03. The molecule has 1 aliphatic heterocycles. The van der Waals surface area contributed by atoms with Gasteiger partial charge in [0.2, 0.25) is 0 Å². The second kappa shape index (κ2) is 17.1. The van der Waals surface area contributed by atoms with Crippen molar-refractivity contribution in [1.29, 1.82) is 0 Å². The summed E-state index contributed by atoms with van der Waals surface area (Å²) in [6.45, 7) is 22.0. The standard InChI is InChI=1S/C37H50N2/c1-9-14-15-18-23-31(12-4)36-28-33(24-25-37(36)38-8)32(13-5)27-35-29(6)22-17-16-19-26-39(30(35)7)34(20-10-2)21-11-3/h10-13,16,19-21,23-25,27-29,38H,2,4-5,9,14-15,17-18,22,26H2,1,3,6-8H3/b19-16-,21-11-,31-23+,32-27+,34-20+,35-30?. The molecule has 0 saturated heterocycles. The molecule has 0 aliphatic carbocycles. The number of hydrogen-bond donors (Lipinski definition) is 1. The summed E-state index contributed by atoms with van der Waals surface area (Å²) in [4.78, 5) is 2.39. The van der Waals surface area contributed by atoms with Crippen molar-refractivity contribution >= 4 is 16.8 Å². The zero-order valence-electron chi connectivity index (χ0n) is 25.1. The van der Waals surface area contributed by atoms with Crippen LogP contribution in [0.2, 0.25) is 0 Å². The van der Waals surface area contributed by atoms with Crippen LogP contribution in [0.15, 0.2) is 116 Å². The zero-order valence-corrected chi connectivity index (χ0v) is 25.1. The van der Waals surface area contributed by atoms with Crippen molar-refractivity contribution < 1.29 is 0 Å². The number of nitrogens with zero attached hydrogens (tertiary/aromatic N) is 1. The highest BCUT2D eigenvalue weighted by atomic mass is 15.1. The smallest absolute Gasteiger partial charge is 0.0417 e. The van der Waals surface area contributed by atoms with Gasteiger partial charge in [0.15, 0.2) is 0 Å². The van der Waals surface area contributed by atoms with Crippen molar-refractivity contribution in [3.8, 4) is 0 Å². The van der Waals surface area contributed by atoms with Gasteiger partial charge in [-0.3, -0.25) is 0 Å². The van der Waals surface area contributed by atoms with Crippen LogP contribution < -0.4 is 5.32 Å². The van der Waals surface area contributed by atoms with Gasteiger partial charge in [-0.25, -0.2) is 0 Å². The van der Waals surface area contributed by atoms with Crippen LogP contribution in [0.25, 0.3) is 11.1 Å². The number of benzene rings is 1. The zero-order chi connectivity index (χ0) is 28.6. The first kappa shape index (κ1) is 31.7. The second-order valence-electron chi connectivity index (χ2n) is 10.1. The molecule has 1 atom stereocenters. The third-order valence-corrected chi connectivity index (χ3v) is 7.37. The lowest BCUT2D eigenvalue weighted by Crippen LogP contribution is -2.22. The molecule has 0 amide bonds. The number of nitrogens with one attached hydrogen (secondary N) is 1. The van der Waals surface area contributed by atoms with Gasteiger partial charge in [-0.15, -0.1) is 0 Å². The van der Waals surface area contributed by atoms with E-state index in [-0.39, 0.29) is 0 Å². The summed E-state index contributed by atoms with van der Waals surface area (Å²) in [5, 5.41) is 3.38. The van der Waals surface area contributed by atoms with Crippen LogP contribution in [0.5, 0.6) is 0 Å². The van der Waals surface area contributed by atoms with Crippen molar-refractivity contribution in [3.63, 3.8) is 0 Å². The van der Waals surface area contributed by atoms with Crippen LogP contribution >= 0.6 is 0 Å². The van der Waals surface area contributed by atoms with E-state index in [0.29, 0.717) is 5.92 Å². The van der Waals surface area contributed by atoms with Gasteiger partial charge in [-0.1, -0.05) is 95.0 Å². The molecule has 2 nitrogen and oxygen atoms in total. The predicted molar refractivity (Wildman–Crippen MR) is 177 cm³/mol. The maximum Gasteiger partial charge on any atom is 0.0417 e. The summed E-state index contributed by atoms with van der Waals surface area (Å²) in [5.74, 6) is 0.402. The van der Waals surface area contributed by atoms with E-state index < -0.39 is 0 Å². The van der Waals surface area contributed by atoms with Gasteiger partial charge in [0, 0.05) is 36.2 Å². The van der Waals surface area contributed by atoms with Gasteiger partial charge in [0.05, 0.1) is 0 Å². The van der Waals surface area contributed by atoms with E-state index in [4.69, 9.17) is 0 Å². The monoisotopic (exact) mass is 522 g/mol.